The van der Waals surface area contributed by atoms with E-state index in [-0.39, 0.29) is 0 Å². The van der Waals surface area contributed by atoms with Crippen LogP contribution in [0.15, 0.2) is 29.6 Å². The summed E-state index contributed by atoms with van der Waals surface area (Å²) in [6.07, 6.45) is 0. The van der Waals surface area contributed by atoms with Crippen LogP contribution < -0.4 is 5.73 Å². The van der Waals surface area contributed by atoms with Crippen molar-refractivity contribution >= 4 is 11.3 Å². The molecule has 0 aliphatic heterocycles. The van der Waals surface area contributed by atoms with Gasteiger partial charge in [0.15, 0.2) is 0 Å². The van der Waals surface area contributed by atoms with Gasteiger partial charge < -0.3 is 5.73 Å². The molecule has 0 spiro atoms. The highest BCUT2D eigenvalue weighted by Crippen LogP contribution is 2.14. The Labute approximate surface area is 112 Å². The van der Waals surface area contributed by atoms with E-state index in [1.54, 1.807) is 11.3 Å². The van der Waals surface area contributed by atoms with E-state index in [2.05, 4.69) is 53.5 Å². The van der Waals surface area contributed by atoms with Gasteiger partial charge >= 0.3 is 0 Å². The lowest BCUT2D eigenvalue weighted by Crippen LogP contribution is -2.18. The molecular weight excluding hydrogens is 242 g/mol. The zero-order chi connectivity index (χ0) is 13.0. The molecule has 1 heterocycles. The molecule has 0 aliphatic rings. The largest absolute Gasteiger partial charge is 0.325 e. The molecule has 0 amide bonds. The quantitative estimate of drug-likeness (QED) is 0.899. The topological polar surface area (TPSA) is 42.1 Å². The summed E-state index contributed by atoms with van der Waals surface area (Å²) in [6, 6.07) is 8.50. The lowest BCUT2D eigenvalue weighted by atomic mass is 10.1. The van der Waals surface area contributed by atoms with Gasteiger partial charge in [-0.1, -0.05) is 24.3 Å². The number of rotatable bonds is 5. The van der Waals surface area contributed by atoms with Crippen molar-refractivity contribution < 1.29 is 0 Å². The first-order valence-electron chi connectivity index (χ1n) is 6.05. The standard InChI is InChI=1S/C14H19N3S/c1-11-5-3-4-6-12(11)8-17(2)9-13-10-18-14(7-15)16-13/h3-6,10H,7-9,15H2,1-2H3. The van der Waals surface area contributed by atoms with Crippen molar-refractivity contribution in [3.63, 3.8) is 0 Å². The summed E-state index contributed by atoms with van der Waals surface area (Å²) in [4.78, 5) is 6.76. The maximum Gasteiger partial charge on any atom is 0.106 e. The van der Waals surface area contributed by atoms with Crippen molar-refractivity contribution in [2.45, 2.75) is 26.6 Å². The Kier molecular flexibility index (Phi) is 4.47. The molecule has 0 saturated heterocycles. The Morgan fingerprint density at radius 1 is 1.28 bits per heavy atom. The van der Waals surface area contributed by atoms with Crippen LogP contribution in [-0.4, -0.2) is 16.9 Å². The van der Waals surface area contributed by atoms with Crippen LogP contribution in [0.1, 0.15) is 21.8 Å². The van der Waals surface area contributed by atoms with Crippen molar-refractivity contribution in [1.29, 1.82) is 0 Å². The van der Waals surface area contributed by atoms with Crippen LogP contribution >= 0.6 is 11.3 Å². The average molecular weight is 261 g/mol. The van der Waals surface area contributed by atoms with Crippen molar-refractivity contribution in [1.82, 2.24) is 9.88 Å². The first-order valence-corrected chi connectivity index (χ1v) is 6.93. The summed E-state index contributed by atoms with van der Waals surface area (Å²) < 4.78 is 0. The van der Waals surface area contributed by atoms with Gasteiger partial charge in [-0.2, -0.15) is 0 Å². The predicted molar refractivity (Wildman–Crippen MR) is 76.4 cm³/mol. The number of nitrogens with zero attached hydrogens (tertiary/aromatic N) is 2. The van der Waals surface area contributed by atoms with E-state index >= 15 is 0 Å². The van der Waals surface area contributed by atoms with Gasteiger partial charge in [0.25, 0.3) is 0 Å². The number of hydrogen-bond donors (Lipinski definition) is 1. The van der Waals surface area contributed by atoms with E-state index in [0.29, 0.717) is 6.54 Å². The fourth-order valence-electron chi connectivity index (χ4n) is 1.93. The van der Waals surface area contributed by atoms with E-state index in [0.717, 1.165) is 23.8 Å². The Hall–Kier alpha value is -1.23. The van der Waals surface area contributed by atoms with Crippen LogP contribution in [0.2, 0.25) is 0 Å². The summed E-state index contributed by atoms with van der Waals surface area (Å²) in [5.41, 5.74) is 9.39. The van der Waals surface area contributed by atoms with Gasteiger partial charge in [0, 0.05) is 25.0 Å². The number of hydrogen-bond acceptors (Lipinski definition) is 4. The third-order valence-electron chi connectivity index (χ3n) is 2.91. The summed E-state index contributed by atoms with van der Waals surface area (Å²) in [5.74, 6) is 0. The Morgan fingerprint density at radius 2 is 2.06 bits per heavy atom. The van der Waals surface area contributed by atoms with Gasteiger partial charge in [0.05, 0.1) is 5.69 Å². The molecule has 0 fully saturated rings. The predicted octanol–water partition coefficient (Wildman–Crippen LogP) is 2.54. The Balaban J connectivity index is 1.96. The summed E-state index contributed by atoms with van der Waals surface area (Å²) >= 11 is 1.64. The maximum absolute atomic E-state index is 5.57. The number of nitrogens with two attached hydrogens (primary N) is 1. The van der Waals surface area contributed by atoms with Crippen LogP contribution in [0.4, 0.5) is 0 Å². The van der Waals surface area contributed by atoms with E-state index < -0.39 is 0 Å². The lowest BCUT2D eigenvalue weighted by molar-refractivity contribution is 0.315. The fourth-order valence-corrected chi connectivity index (χ4v) is 2.59. The van der Waals surface area contributed by atoms with Crippen LogP contribution in [0.5, 0.6) is 0 Å². The number of benzene rings is 1. The second-order valence-corrected chi connectivity index (χ2v) is 5.48. The third-order valence-corrected chi connectivity index (χ3v) is 3.83. The summed E-state index contributed by atoms with van der Waals surface area (Å²) in [7, 11) is 2.12. The van der Waals surface area contributed by atoms with E-state index in [1.807, 2.05) is 0 Å². The van der Waals surface area contributed by atoms with Crippen molar-refractivity contribution in [3.05, 3.63) is 51.5 Å². The number of thiazole rings is 1. The highest BCUT2D eigenvalue weighted by atomic mass is 32.1. The molecule has 2 aromatic rings. The van der Waals surface area contributed by atoms with E-state index in [9.17, 15) is 0 Å². The molecule has 96 valence electrons. The molecule has 0 radical (unpaired) electrons. The van der Waals surface area contributed by atoms with Gasteiger partial charge in [0.1, 0.15) is 5.01 Å². The average Bonchev–Trinajstić information content (AvgIpc) is 2.80. The van der Waals surface area contributed by atoms with Gasteiger partial charge in [0.2, 0.25) is 0 Å². The minimum atomic E-state index is 0.534. The molecular formula is C14H19N3S. The molecule has 2 rings (SSSR count). The molecule has 1 aromatic carbocycles. The SMILES string of the molecule is Cc1ccccc1CN(C)Cc1csc(CN)n1. The van der Waals surface area contributed by atoms with Crippen molar-refractivity contribution in [3.8, 4) is 0 Å². The second kappa shape index (κ2) is 6.09. The first-order chi connectivity index (χ1) is 8.69. The Bertz CT molecular complexity index is 507. The van der Waals surface area contributed by atoms with Crippen LogP contribution in [-0.2, 0) is 19.6 Å². The number of aryl methyl sites for hydroxylation is 1. The van der Waals surface area contributed by atoms with Crippen molar-refractivity contribution in [2.75, 3.05) is 7.05 Å². The van der Waals surface area contributed by atoms with E-state index in [1.165, 1.54) is 11.1 Å². The molecule has 0 bridgehead atoms. The summed E-state index contributed by atoms with van der Waals surface area (Å²) in [6.45, 7) is 4.50. The smallest absolute Gasteiger partial charge is 0.106 e. The van der Waals surface area contributed by atoms with Crippen LogP contribution in [0.3, 0.4) is 0 Å². The monoisotopic (exact) mass is 261 g/mol. The number of aromatic nitrogens is 1. The molecule has 0 aliphatic carbocycles. The molecule has 4 heteroatoms. The van der Waals surface area contributed by atoms with Gasteiger partial charge in [-0.3, -0.25) is 4.90 Å². The molecule has 0 saturated carbocycles. The van der Waals surface area contributed by atoms with Crippen LogP contribution in [0, 0.1) is 6.92 Å². The van der Waals surface area contributed by atoms with E-state index in [4.69, 9.17) is 5.73 Å². The highest BCUT2D eigenvalue weighted by molar-refractivity contribution is 7.09. The molecule has 0 unspecified atom stereocenters. The second-order valence-electron chi connectivity index (χ2n) is 4.54. The third kappa shape index (κ3) is 3.38. The highest BCUT2D eigenvalue weighted by Gasteiger charge is 2.06. The normalized spacial score (nSPS) is 11.1. The molecule has 3 nitrogen and oxygen atoms in total. The molecule has 0 atom stereocenters. The first kappa shape index (κ1) is 13.2. The lowest BCUT2D eigenvalue weighted by Gasteiger charge is -2.16. The molecule has 2 N–H and O–H groups in total. The van der Waals surface area contributed by atoms with Crippen molar-refractivity contribution in [2.24, 2.45) is 5.73 Å². The molecule has 1 aromatic heterocycles. The Morgan fingerprint density at radius 3 is 2.72 bits per heavy atom. The fraction of sp³-hybridized carbons (Fsp3) is 0.357. The minimum Gasteiger partial charge on any atom is -0.325 e. The van der Waals surface area contributed by atoms with Gasteiger partial charge in [-0.05, 0) is 25.1 Å². The zero-order valence-corrected chi connectivity index (χ0v) is 11.7. The van der Waals surface area contributed by atoms with Crippen LogP contribution in [0.25, 0.3) is 0 Å². The zero-order valence-electron chi connectivity index (χ0n) is 10.9. The van der Waals surface area contributed by atoms with Gasteiger partial charge in [-0.15, -0.1) is 11.3 Å². The molecule has 18 heavy (non-hydrogen) atoms. The summed E-state index contributed by atoms with van der Waals surface area (Å²) in [5, 5.41) is 3.10. The maximum atomic E-state index is 5.57. The van der Waals surface area contributed by atoms with Gasteiger partial charge in [-0.25, -0.2) is 4.98 Å². The minimum absolute atomic E-state index is 0.534.